The van der Waals surface area contributed by atoms with Gasteiger partial charge >= 0.3 is 0 Å². The number of nitrogens with zero attached hydrogens (tertiary/aromatic N) is 4. The fraction of sp³-hybridized carbons (Fsp3) is 0.667. The highest BCUT2D eigenvalue weighted by Crippen LogP contribution is 2.44. The molecule has 0 amide bonds. The number of pyridine rings is 1. The number of rotatable bonds is 1. The lowest BCUT2D eigenvalue weighted by molar-refractivity contribution is -0.0432. The summed E-state index contributed by atoms with van der Waals surface area (Å²) in [6.07, 6.45) is 4.17. The van der Waals surface area contributed by atoms with Crippen LogP contribution in [0.4, 0.5) is 5.82 Å². The first kappa shape index (κ1) is 13.8. The quantitative estimate of drug-likeness (QED) is 0.845. The van der Waals surface area contributed by atoms with Crippen LogP contribution >= 0.6 is 11.6 Å². The average molecular weight is 308 g/mol. The first-order valence-electron chi connectivity index (χ1n) is 7.69. The van der Waals surface area contributed by atoms with Gasteiger partial charge in [-0.2, -0.15) is 0 Å². The van der Waals surface area contributed by atoms with Gasteiger partial charge in [0, 0.05) is 19.3 Å². The normalized spacial score (nSPS) is 39.4. The van der Waals surface area contributed by atoms with Crippen LogP contribution < -0.4 is 10.6 Å². The van der Waals surface area contributed by atoms with Crippen LogP contribution in [-0.2, 0) is 0 Å². The molecule has 0 radical (unpaired) electrons. The van der Waals surface area contributed by atoms with Crippen molar-refractivity contribution in [1.82, 2.24) is 14.8 Å². The minimum absolute atomic E-state index is 0.112. The van der Waals surface area contributed by atoms with E-state index in [-0.39, 0.29) is 11.8 Å². The van der Waals surface area contributed by atoms with E-state index in [4.69, 9.17) is 17.3 Å². The second kappa shape index (κ2) is 4.81. The van der Waals surface area contributed by atoms with Gasteiger partial charge in [-0.3, -0.25) is 10.6 Å². The molecular weight excluding hydrogens is 286 g/mol. The number of anilines is 1. The summed E-state index contributed by atoms with van der Waals surface area (Å²) in [7, 11) is 2.17. The Balaban J connectivity index is 1.66. The van der Waals surface area contributed by atoms with E-state index in [0.29, 0.717) is 5.02 Å². The van der Waals surface area contributed by atoms with Crippen molar-refractivity contribution in [2.75, 3.05) is 38.1 Å². The van der Waals surface area contributed by atoms with Crippen molar-refractivity contribution in [3.63, 3.8) is 0 Å². The molecule has 0 aliphatic carbocycles. The Morgan fingerprint density at radius 3 is 2.62 bits per heavy atom. The highest BCUT2D eigenvalue weighted by Gasteiger charge is 2.56. The molecule has 0 aromatic carbocycles. The number of aromatic nitrogens is 1. The summed E-state index contributed by atoms with van der Waals surface area (Å²) in [5.41, 5.74) is 6.67. The zero-order valence-corrected chi connectivity index (χ0v) is 13.1. The Morgan fingerprint density at radius 1 is 1.29 bits per heavy atom. The van der Waals surface area contributed by atoms with Gasteiger partial charge in [0.25, 0.3) is 0 Å². The highest BCUT2D eigenvalue weighted by atomic mass is 35.5. The smallest absolute Gasteiger partial charge is 0.136 e. The van der Waals surface area contributed by atoms with Gasteiger partial charge in [-0.15, -0.1) is 0 Å². The third-order valence-corrected chi connectivity index (χ3v) is 5.94. The molecule has 5 rings (SSSR count). The number of likely N-dealkylation sites (N-methyl/N-ethyl adjacent to an activating group) is 1. The SMILES string of the molecule is CN1C(N)N(c2ccc(Cl)cn2)CC12CN1CCC2CC1. The van der Waals surface area contributed by atoms with Gasteiger partial charge in [-0.05, 0) is 51.0 Å². The van der Waals surface area contributed by atoms with Crippen molar-refractivity contribution in [3.8, 4) is 0 Å². The highest BCUT2D eigenvalue weighted by molar-refractivity contribution is 6.30. The minimum atomic E-state index is -0.112. The number of nitrogens with two attached hydrogens (primary N) is 1. The third kappa shape index (κ3) is 1.99. The van der Waals surface area contributed by atoms with Gasteiger partial charge in [-0.25, -0.2) is 4.98 Å². The molecule has 5 nitrogen and oxygen atoms in total. The lowest BCUT2D eigenvalue weighted by Gasteiger charge is -2.54. The van der Waals surface area contributed by atoms with E-state index in [1.807, 2.05) is 12.1 Å². The molecule has 2 N–H and O–H groups in total. The van der Waals surface area contributed by atoms with Crippen molar-refractivity contribution < 1.29 is 0 Å². The van der Waals surface area contributed by atoms with Crippen molar-refractivity contribution in [3.05, 3.63) is 23.4 Å². The molecular formula is C15H22ClN5. The molecule has 4 saturated heterocycles. The Kier molecular flexibility index (Phi) is 3.15. The van der Waals surface area contributed by atoms with Crippen LogP contribution in [0.25, 0.3) is 0 Å². The van der Waals surface area contributed by atoms with Gasteiger partial charge < -0.3 is 9.80 Å². The maximum absolute atomic E-state index is 6.49. The molecule has 6 heteroatoms. The molecule has 1 aromatic heterocycles. The standard InChI is InChI=1S/C15H22ClN5/c1-19-14(17)21(13-3-2-12(16)8-18-13)10-15(19)9-20-6-4-11(15)5-7-20/h2-3,8,11,14H,4-7,9-10,17H2,1H3. The molecule has 0 saturated carbocycles. The summed E-state index contributed by atoms with van der Waals surface area (Å²) in [5.74, 6) is 1.67. The predicted octanol–water partition coefficient (Wildman–Crippen LogP) is 1.19. The fourth-order valence-electron chi connectivity index (χ4n) is 4.45. The summed E-state index contributed by atoms with van der Waals surface area (Å²) in [6, 6.07) is 3.86. The van der Waals surface area contributed by atoms with E-state index in [1.165, 1.54) is 25.9 Å². The van der Waals surface area contributed by atoms with E-state index in [9.17, 15) is 0 Å². The topological polar surface area (TPSA) is 48.6 Å². The lowest BCUT2D eigenvalue weighted by atomic mass is 9.72. The van der Waals surface area contributed by atoms with E-state index >= 15 is 0 Å². The molecule has 4 aliphatic heterocycles. The fourth-order valence-corrected chi connectivity index (χ4v) is 4.56. The first-order valence-corrected chi connectivity index (χ1v) is 8.07. The van der Waals surface area contributed by atoms with Crippen molar-refractivity contribution in [2.45, 2.75) is 24.7 Å². The van der Waals surface area contributed by atoms with E-state index in [1.54, 1.807) is 6.20 Å². The van der Waals surface area contributed by atoms with Gasteiger partial charge in [0.2, 0.25) is 0 Å². The molecule has 4 aliphatic rings. The van der Waals surface area contributed by atoms with Gasteiger partial charge in [0.1, 0.15) is 12.1 Å². The molecule has 1 spiro atoms. The van der Waals surface area contributed by atoms with Crippen LogP contribution in [0.5, 0.6) is 0 Å². The number of halogens is 1. The van der Waals surface area contributed by atoms with Crippen LogP contribution in [0, 0.1) is 5.92 Å². The van der Waals surface area contributed by atoms with Crippen LogP contribution in [0.2, 0.25) is 5.02 Å². The van der Waals surface area contributed by atoms with E-state index < -0.39 is 0 Å². The van der Waals surface area contributed by atoms with E-state index in [2.05, 4.69) is 26.7 Å². The summed E-state index contributed by atoms with van der Waals surface area (Å²) in [5, 5.41) is 0.664. The minimum Gasteiger partial charge on any atom is -0.326 e. The molecule has 5 heterocycles. The monoisotopic (exact) mass is 307 g/mol. The molecule has 1 aromatic rings. The lowest BCUT2D eigenvalue weighted by Crippen LogP contribution is -2.66. The second-order valence-electron chi connectivity index (χ2n) is 6.64. The first-order chi connectivity index (χ1) is 10.1. The second-order valence-corrected chi connectivity index (χ2v) is 7.08. The zero-order chi connectivity index (χ0) is 14.6. The predicted molar refractivity (Wildman–Crippen MR) is 84.2 cm³/mol. The molecule has 21 heavy (non-hydrogen) atoms. The Bertz CT molecular complexity index is 527. The van der Waals surface area contributed by atoms with Crippen molar-refractivity contribution >= 4 is 17.4 Å². The van der Waals surface area contributed by atoms with Crippen LogP contribution in [0.15, 0.2) is 18.3 Å². The Hall–Kier alpha value is -0.880. The molecule has 2 unspecified atom stereocenters. The Labute approximate surface area is 130 Å². The number of hydrogen-bond acceptors (Lipinski definition) is 5. The summed E-state index contributed by atoms with van der Waals surface area (Å²) >= 11 is 5.95. The van der Waals surface area contributed by atoms with Crippen molar-refractivity contribution in [1.29, 1.82) is 0 Å². The summed E-state index contributed by atoms with van der Waals surface area (Å²) < 4.78 is 0. The van der Waals surface area contributed by atoms with Crippen LogP contribution in [0.3, 0.4) is 0 Å². The van der Waals surface area contributed by atoms with Crippen molar-refractivity contribution in [2.24, 2.45) is 11.7 Å². The van der Waals surface area contributed by atoms with E-state index in [0.717, 1.165) is 24.8 Å². The third-order valence-electron chi connectivity index (χ3n) is 5.71. The number of fused-ring (bicyclic) bond motifs is 2. The molecule has 2 bridgehead atoms. The summed E-state index contributed by atoms with van der Waals surface area (Å²) in [4.78, 5) is 11.6. The number of piperidine rings is 3. The zero-order valence-electron chi connectivity index (χ0n) is 12.4. The summed E-state index contributed by atoms with van der Waals surface area (Å²) in [6.45, 7) is 4.58. The van der Waals surface area contributed by atoms with Gasteiger partial charge in [0.05, 0.1) is 10.6 Å². The van der Waals surface area contributed by atoms with Gasteiger partial charge in [0.15, 0.2) is 0 Å². The Morgan fingerprint density at radius 2 is 2.05 bits per heavy atom. The molecule has 2 atom stereocenters. The van der Waals surface area contributed by atoms with Gasteiger partial charge in [-0.1, -0.05) is 11.6 Å². The largest absolute Gasteiger partial charge is 0.326 e. The molecule has 114 valence electrons. The molecule has 4 fully saturated rings. The van der Waals surface area contributed by atoms with Crippen LogP contribution in [0.1, 0.15) is 12.8 Å². The number of hydrogen-bond donors (Lipinski definition) is 1. The maximum atomic E-state index is 6.49. The average Bonchev–Trinajstić information content (AvgIpc) is 2.75. The maximum Gasteiger partial charge on any atom is 0.136 e. The van der Waals surface area contributed by atoms with Crippen LogP contribution in [-0.4, -0.2) is 59.8 Å².